The quantitative estimate of drug-likeness (QED) is 0.390. The van der Waals surface area contributed by atoms with Gasteiger partial charge in [0.15, 0.2) is 5.17 Å². The predicted octanol–water partition coefficient (Wildman–Crippen LogP) is 2.66. The lowest BCUT2D eigenvalue weighted by Crippen LogP contribution is -2.52. The second-order valence-electron chi connectivity index (χ2n) is 8.54. The number of amidine groups is 1. The van der Waals surface area contributed by atoms with Crippen LogP contribution in [0.3, 0.4) is 0 Å². The molecule has 0 radical (unpaired) electrons. The van der Waals surface area contributed by atoms with Gasteiger partial charge in [-0.1, -0.05) is 56.7 Å². The third-order valence-electron chi connectivity index (χ3n) is 6.39. The Morgan fingerprint density at radius 1 is 1.00 bits per heavy atom. The van der Waals surface area contributed by atoms with Gasteiger partial charge in [0.1, 0.15) is 6.04 Å². The number of hydrazone groups is 1. The van der Waals surface area contributed by atoms with Crippen LogP contribution in [0.4, 0.5) is 0 Å². The summed E-state index contributed by atoms with van der Waals surface area (Å²) in [6, 6.07) is -0.736. The summed E-state index contributed by atoms with van der Waals surface area (Å²) in [6.45, 7) is 0.870. The minimum absolute atomic E-state index is 0.0351. The van der Waals surface area contributed by atoms with Crippen LogP contribution in [0.15, 0.2) is 5.10 Å². The Kier molecular flexibility index (Phi) is 8.39. The van der Waals surface area contributed by atoms with Crippen molar-refractivity contribution in [1.82, 2.24) is 15.6 Å². The first-order valence-electron chi connectivity index (χ1n) is 11.1. The largest absolute Gasteiger partial charge is 0.352 e. The van der Waals surface area contributed by atoms with Crippen molar-refractivity contribution in [3.63, 3.8) is 0 Å². The SMILES string of the molecule is CN1CCS/C1=N/NC(=O)C(=O)C(NC(=O)C1CCCCCC1)C1CCCCC1. The van der Waals surface area contributed by atoms with Crippen LogP contribution in [-0.4, -0.2) is 53.1 Å². The zero-order valence-corrected chi connectivity index (χ0v) is 18.3. The molecule has 2 N–H and O–H groups in total. The fourth-order valence-corrected chi connectivity index (χ4v) is 5.54. The van der Waals surface area contributed by atoms with Crippen molar-refractivity contribution >= 4 is 34.5 Å². The maximum Gasteiger partial charge on any atom is 0.309 e. The fourth-order valence-electron chi connectivity index (χ4n) is 4.57. The number of amides is 2. The van der Waals surface area contributed by atoms with Gasteiger partial charge in [0.25, 0.3) is 0 Å². The van der Waals surface area contributed by atoms with Crippen molar-refractivity contribution < 1.29 is 14.4 Å². The van der Waals surface area contributed by atoms with Crippen LogP contribution in [0.2, 0.25) is 0 Å². The molecular formula is C21H34N4O3S. The minimum Gasteiger partial charge on any atom is -0.352 e. The molecule has 3 rings (SSSR count). The average molecular weight is 423 g/mol. The van der Waals surface area contributed by atoms with Gasteiger partial charge in [-0.2, -0.15) is 0 Å². The average Bonchev–Trinajstić information content (AvgIpc) is 2.97. The molecule has 3 aliphatic rings. The molecule has 8 heteroatoms. The predicted molar refractivity (Wildman–Crippen MR) is 115 cm³/mol. The number of carbonyl (C=O) groups is 3. The topological polar surface area (TPSA) is 90.9 Å². The van der Waals surface area contributed by atoms with E-state index >= 15 is 0 Å². The van der Waals surface area contributed by atoms with E-state index in [1.165, 1.54) is 12.8 Å². The van der Waals surface area contributed by atoms with E-state index in [1.807, 2.05) is 11.9 Å². The number of carbonyl (C=O) groups excluding carboxylic acids is 3. The van der Waals surface area contributed by atoms with Crippen LogP contribution in [-0.2, 0) is 14.4 Å². The minimum atomic E-state index is -0.736. The zero-order chi connectivity index (χ0) is 20.6. The monoisotopic (exact) mass is 422 g/mol. The summed E-state index contributed by atoms with van der Waals surface area (Å²) in [5.74, 6) is -0.428. The second kappa shape index (κ2) is 11.0. The number of thioether (sulfide) groups is 1. The third-order valence-corrected chi connectivity index (χ3v) is 7.44. The van der Waals surface area contributed by atoms with E-state index in [-0.39, 0.29) is 17.7 Å². The van der Waals surface area contributed by atoms with Crippen molar-refractivity contribution in [3.05, 3.63) is 0 Å². The van der Waals surface area contributed by atoms with Gasteiger partial charge in [0, 0.05) is 25.3 Å². The number of rotatable bonds is 6. The van der Waals surface area contributed by atoms with Crippen LogP contribution in [0.25, 0.3) is 0 Å². The third kappa shape index (κ3) is 6.20. The van der Waals surface area contributed by atoms with E-state index in [0.29, 0.717) is 5.17 Å². The Bertz CT molecular complexity index is 625. The van der Waals surface area contributed by atoms with Crippen LogP contribution >= 0.6 is 11.8 Å². The van der Waals surface area contributed by atoms with Gasteiger partial charge in [0.05, 0.1) is 0 Å². The molecule has 1 saturated heterocycles. The van der Waals surface area contributed by atoms with E-state index in [0.717, 1.165) is 70.1 Å². The Labute approximate surface area is 177 Å². The Balaban J connectivity index is 1.65. The van der Waals surface area contributed by atoms with Crippen LogP contribution in [0, 0.1) is 11.8 Å². The molecule has 2 amide bonds. The number of nitrogens with one attached hydrogen (secondary N) is 2. The molecule has 1 heterocycles. The molecule has 3 fully saturated rings. The molecule has 7 nitrogen and oxygen atoms in total. The van der Waals surface area contributed by atoms with Gasteiger partial charge in [-0.3, -0.25) is 14.4 Å². The summed E-state index contributed by atoms with van der Waals surface area (Å²) in [7, 11) is 1.91. The Morgan fingerprint density at radius 3 is 2.24 bits per heavy atom. The van der Waals surface area contributed by atoms with Crippen molar-refractivity contribution in [2.75, 3.05) is 19.3 Å². The molecule has 0 aromatic heterocycles. The summed E-state index contributed by atoms with van der Waals surface area (Å²) in [6.07, 6.45) is 11.2. The number of ketones is 1. The summed E-state index contributed by atoms with van der Waals surface area (Å²) < 4.78 is 0. The highest BCUT2D eigenvalue weighted by Crippen LogP contribution is 2.28. The van der Waals surface area contributed by atoms with Crippen molar-refractivity contribution in [1.29, 1.82) is 0 Å². The molecular weight excluding hydrogens is 388 g/mol. The van der Waals surface area contributed by atoms with Gasteiger partial charge < -0.3 is 10.2 Å². The molecule has 29 heavy (non-hydrogen) atoms. The van der Waals surface area contributed by atoms with E-state index < -0.39 is 17.7 Å². The molecule has 162 valence electrons. The molecule has 2 saturated carbocycles. The fraction of sp³-hybridized carbons (Fsp3) is 0.810. The second-order valence-corrected chi connectivity index (χ2v) is 9.60. The van der Waals surface area contributed by atoms with E-state index in [1.54, 1.807) is 11.8 Å². The van der Waals surface area contributed by atoms with Gasteiger partial charge in [-0.25, -0.2) is 5.43 Å². The van der Waals surface area contributed by atoms with E-state index in [9.17, 15) is 14.4 Å². The van der Waals surface area contributed by atoms with Crippen molar-refractivity contribution in [3.8, 4) is 0 Å². The first-order valence-corrected chi connectivity index (χ1v) is 12.1. The molecule has 0 aromatic rings. The molecule has 2 aliphatic carbocycles. The van der Waals surface area contributed by atoms with Gasteiger partial charge >= 0.3 is 5.91 Å². The summed E-state index contributed by atoms with van der Waals surface area (Å²) in [5, 5.41) is 7.81. The Hall–Kier alpha value is -1.57. The molecule has 0 bridgehead atoms. The van der Waals surface area contributed by atoms with Crippen LogP contribution < -0.4 is 10.7 Å². The lowest BCUT2D eigenvalue weighted by molar-refractivity contribution is -0.141. The van der Waals surface area contributed by atoms with Gasteiger partial charge in [-0.15, -0.1) is 5.10 Å². The van der Waals surface area contributed by atoms with Gasteiger partial charge in [-0.05, 0) is 31.6 Å². The maximum atomic E-state index is 13.0. The van der Waals surface area contributed by atoms with E-state index in [4.69, 9.17) is 0 Å². The normalized spacial score (nSPS) is 24.2. The highest BCUT2D eigenvalue weighted by molar-refractivity contribution is 8.14. The lowest BCUT2D eigenvalue weighted by atomic mass is 9.81. The Morgan fingerprint density at radius 2 is 1.62 bits per heavy atom. The van der Waals surface area contributed by atoms with Crippen LogP contribution in [0.5, 0.6) is 0 Å². The number of hydrogen-bond acceptors (Lipinski definition) is 5. The first kappa shape index (κ1) is 22.1. The number of nitrogens with zero attached hydrogens (tertiary/aromatic N) is 2. The summed E-state index contributed by atoms with van der Waals surface area (Å²) in [4.78, 5) is 40.4. The van der Waals surface area contributed by atoms with Crippen LogP contribution in [0.1, 0.15) is 70.6 Å². The summed E-state index contributed by atoms with van der Waals surface area (Å²) >= 11 is 1.55. The number of Topliss-reactive ketones (excluding diaryl/α,β-unsaturated/α-hetero) is 1. The van der Waals surface area contributed by atoms with Crippen molar-refractivity contribution in [2.45, 2.75) is 76.7 Å². The lowest BCUT2D eigenvalue weighted by Gasteiger charge is -2.30. The summed E-state index contributed by atoms with van der Waals surface area (Å²) in [5.41, 5.74) is 2.42. The van der Waals surface area contributed by atoms with Crippen molar-refractivity contribution in [2.24, 2.45) is 16.9 Å². The highest BCUT2D eigenvalue weighted by atomic mass is 32.2. The maximum absolute atomic E-state index is 13.0. The smallest absolute Gasteiger partial charge is 0.309 e. The molecule has 1 aliphatic heterocycles. The molecule has 1 unspecified atom stereocenters. The first-order chi connectivity index (χ1) is 14.1. The van der Waals surface area contributed by atoms with E-state index in [2.05, 4.69) is 15.8 Å². The zero-order valence-electron chi connectivity index (χ0n) is 17.5. The standard InChI is InChI=1S/C21H34N4O3S/c1-25-13-14-29-21(25)24-23-20(28)18(26)17(15-9-7-4-8-10-15)22-19(27)16-11-5-2-3-6-12-16/h15-17H,2-14H2,1H3,(H,22,27)(H,23,28)/b24-21+. The number of hydrogen-bond donors (Lipinski definition) is 2. The highest BCUT2D eigenvalue weighted by Gasteiger charge is 2.36. The molecule has 1 atom stereocenters. The molecule has 0 aromatic carbocycles. The molecule has 0 spiro atoms. The van der Waals surface area contributed by atoms with Gasteiger partial charge in [0.2, 0.25) is 11.7 Å².